The molecular formula is C15H17NO6. The number of carboxylic acids is 1. The first-order valence-corrected chi connectivity index (χ1v) is 7.06. The van der Waals surface area contributed by atoms with Crippen LogP contribution in [0.4, 0.5) is 0 Å². The highest BCUT2D eigenvalue weighted by atomic mass is 16.6. The maximum absolute atomic E-state index is 12.6. The topological polar surface area (TPSA) is 85.3 Å². The van der Waals surface area contributed by atoms with Gasteiger partial charge in [0.2, 0.25) is 0 Å². The second-order valence-electron chi connectivity index (χ2n) is 5.26. The van der Waals surface area contributed by atoms with Crippen molar-refractivity contribution in [3.05, 3.63) is 23.8 Å². The van der Waals surface area contributed by atoms with E-state index in [9.17, 15) is 14.7 Å². The summed E-state index contributed by atoms with van der Waals surface area (Å²) >= 11 is 0. The summed E-state index contributed by atoms with van der Waals surface area (Å²) in [6.45, 7) is 1.17. The number of methoxy groups -OCH3 is 1. The van der Waals surface area contributed by atoms with E-state index in [1.54, 1.807) is 18.2 Å². The van der Waals surface area contributed by atoms with Crippen molar-refractivity contribution < 1.29 is 28.9 Å². The van der Waals surface area contributed by atoms with E-state index >= 15 is 0 Å². The Labute approximate surface area is 127 Å². The molecule has 1 N–H and O–H groups in total. The molecule has 0 aliphatic carbocycles. The lowest BCUT2D eigenvalue weighted by molar-refractivity contribution is -0.141. The van der Waals surface area contributed by atoms with E-state index in [4.69, 9.17) is 14.2 Å². The number of ether oxygens (including phenoxy) is 3. The Morgan fingerprint density at radius 2 is 2.00 bits per heavy atom. The lowest BCUT2D eigenvalue weighted by Crippen LogP contribution is -2.40. The van der Waals surface area contributed by atoms with Gasteiger partial charge >= 0.3 is 5.97 Å². The number of fused-ring (bicyclic) bond motifs is 1. The van der Waals surface area contributed by atoms with Gasteiger partial charge in [-0.3, -0.25) is 4.79 Å². The highest BCUT2D eigenvalue weighted by Gasteiger charge is 2.40. The Morgan fingerprint density at radius 3 is 2.68 bits per heavy atom. The van der Waals surface area contributed by atoms with Crippen molar-refractivity contribution in [3.63, 3.8) is 0 Å². The third-order valence-electron chi connectivity index (χ3n) is 3.93. The van der Waals surface area contributed by atoms with E-state index in [1.165, 1.54) is 12.0 Å². The predicted molar refractivity (Wildman–Crippen MR) is 75.3 cm³/mol. The minimum absolute atomic E-state index is 0.262. The van der Waals surface area contributed by atoms with Gasteiger partial charge in [-0.05, 0) is 18.2 Å². The number of carboxylic acid groups (broad SMARTS) is 1. The van der Waals surface area contributed by atoms with Crippen LogP contribution in [0.3, 0.4) is 0 Å². The molecule has 1 fully saturated rings. The van der Waals surface area contributed by atoms with Crippen LogP contribution >= 0.6 is 0 Å². The molecule has 0 radical (unpaired) electrons. The normalized spacial score (nSPS) is 23.4. The molecule has 0 saturated carbocycles. The number of carbonyl (C=O) groups is 2. The van der Waals surface area contributed by atoms with Gasteiger partial charge < -0.3 is 24.2 Å². The number of likely N-dealkylation sites (tertiary alicyclic amines) is 1. The Morgan fingerprint density at radius 1 is 1.27 bits per heavy atom. The Balaban J connectivity index is 1.85. The standard InChI is InChI=1S/C15H17NO6/c1-20-10-7-11(15(18)19)16(8-10)14(17)9-2-3-12-13(6-9)22-5-4-21-12/h2-3,6,10-11H,4-5,7-8H2,1H3,(H,18,19). The largest absolute Gasteiger partial charge is 0.486 e. The quantitative estimate of drug-likeness (QED) is 0.888. The lowest BCUT2D eigenvalue weighted by atomic mass is 10.1. The van der Waals surface area contributed by atoms with Crippen LogP contribution in [0.5, 0.6) is 11.5 Å². The average molecular weight is 307 g/mol. The number of benzene rings is 1. The van der Waals surface area contributed by atoms with Crippen LogP contribution < -0.4 is 9.47 Å². The minimum Gasteiger partial charge on any atom is -0.486 e. The number of hydrogen-bond donors (Lipinski definition) is 1. The Hall–Kier alpha value is -2.28. The number of aliphatic carboxylic acids is 1. The first-order valence-electron chi connectivity index (χ1n) is 7.06. The molecule has 1 aromatic rings. The second-order valence-corrected chi connectivity index (χ2v) is 5.26. The molecule has 2 atom stereocenters. The van der Waals surface area contributed by atoms with Gasteiger partial charge in [0.1, 0.15) is 19.3 Å². The smallest absolute Gasteiger partial charge is 0.326 e. The molecule has 1 aromatic carbocycles. The van der Waals surface area contributed by atoms with Gasteiger partial charge in [-0.25, -0.2) is 4.79 Å². The number of hydrogen-bond acceptors (Lipinski definition) is 5. The number of rotatable bonds is 3. The van der Waals surface area contributed by atoms with E-state index in [1.807, 2.05) is 0 Å². The Bertz CT molecular complexity index is 602. The van der Waals surface area contributed by atoms with Gasteiger partial charge in [0.25, 0.3) is 5.91 Å². The van der Waals surface area contributed by atoms with Crippen LogP contribution in [0, 0.1) is 0 Å². The van der Waals surface area contributed by atoms with Crippen molar-refractivity contribution in [1.29, 1.82) is 0 Å². The molecule has 0 spiro atoms. The third kappa shape index (κ3) is 2.59. The summed E-state index contributed by atoms with van der Waals surface area (Å²) in [5, 5.41) is 9.29. The van der Waals surface area contributed by atoms with Crippen LogP contribution in [0.15, 0.2) is 18.2 Å². The van der Waals surface area contributed by atoms with Crippen LogP contribution in [0.1, 0.15) is 16.8 Å². The summed E-state index contributed by atoms with van der Waals surface area (Å²) in [5.41, 5.74) is 0.382. The van der Waals surface area contributed by atoms with E-state index in [0.29, 0.717) is 36.7 Å². The molecule has 2 heterocycles. The second kappa shape index (κ2) is 5.84. The first kappa shape index (κ1) is 14.6. The van der Waals surface area contributed by atoms with Crippen molar-refractivity contribution in [2.24, 2.45) is 0 Å². The third-order valence-corrected chi connectivity index (χ3v) is 3.93. The van der Waals surface area contributed by atoms with Gasteiger partial charge in [0, 0.05) is 25.6 Å². The van der Waals surface area contributed by atoms with E-state index in [0.717, 1.165) is 0 Å². The molecule has 118 valence electrons. The van der Waals surface area contributed by atoms with Crippen molar-refractivity contribution in [1.82, 2.24) is 4.90 Å². The van der Waals surface area contributed by atoms with Crippen molar-refractivity contribution >= 4 is 11.9 Å². The maximum atomic E-state index is 12.6. The molecule has 2 aliphatic heterocycles. The zero-order valence-corrected chi connectivity index (χ0v) is 12.2. The van der Waals surface area contributed by atoms with Crippen LogP contribution in [0.2, 0.25) is 0 Å². The molecule has 0 bridgehead atoms. The molecule has 22 heavy (non-hydrogen) atoms. The zero-order valence-electron chi connectivity index (χ0n) is 12.2. The average Bonchev–Trinajstić information content (AvgIpc) is 2.98. The van der Waals surface area contributed by atoms with Crippen LogP contribution in [-0.4, -0.2) is 60.9 Å². The van der Waals surface area contributed by atoms with Crippen molar-refractivity contribution in [2.75, 3.05) is 26.9 Å². The summed E-state index contributed by atoms with van der Waals surface area (Å²) in [7, 11) is 1.52. The van der Waals surface area contributed by atoms with Crippen LogP contribution in [-0.2, 0) is 9.53 Å². The molecule has 7 heteroatoms. The minimum atomic E-state index is -1.02. The fourth-order valence-corrected chi connectivity index (χ4v) is 2.77. The van der Waals surface area contributed by atoms with Gasteiger partial charge in [0.15, 0.2) is 11.5 Å². The highest BCUT2D eigenvalue weighted by Crippen LogP contribution is 2.32. The molecule has 1 amide bonds. The van der Waals surface area contributed by atoms with Gasteiger partial charge in [0.05, 0.1) is 6.10 Å². The predicted octanol–water partition coefficient (Wildman–Crippen LogP) is 0.772. The summed E-state index contributed by atoms with van der Waals surface area (Å²) in [4.78, 5) is 25.3. The van der Waals surface area contributed by atoms with Gasteiger partial charge in [-0.1, -0.05) is 0 Å². The summed E-state index contributed by atoms with van der Waals surface area (Å²) in [5.74, 6) is -0.269. The van der Waals surface area contributed by atoms with Crippen molar-refractivity contribution in [2.45, 2.75) is 18.6 Å². The number of carbonyl (C=O) groups excluding carboxylic acids is 1. The van der Waals surface area contributed by atoms with E-state index in [2.05, 4.69) is 0 Å². The van der Waals surface area contributed by atoms with Crippen LogP contribution in [0.25, 0.3) is 0 Å². The monoisotopic (exact) mass is 307 g/mol. The molecule has 3 rings (SSSR count). The summed E-state index contributed by atoms with van der Waals surface area (Å²) < 4.78 is 16.1. The maximum Gasteiger partial charge on any atom is 0.326 e. The zero-order chi connectivity index (χ0) is 15.7. The summed E-state index contributed by atoms with van der Waals surface area (Å²) in [6, 6.07) is 4.01. The fourth-order valence-electron chi connectivity index (χ4n) is 2.77. The van der Waals surface area contributed by atoms with E-state index in [-0.39, 0.29) is 18.6 Å². The van der Waals surface area contributed by atoms with Crippen molar-refractivity contribution in [3.8, 4) is 11.5 Å². The molecular weight excluding hydrogens is 290 g/mol. The molecule has 2 aliphatic rings. The first-order chi connectivity index (χ1) is 10.6. The van der Waals surface area contributed by atoms with Gasteiger partial charge in [-0.15, -0.1) is 0 Å². The number of nitrogens with zero attached hydrogens (tertiary/aromatic N) is 1. The van der Waals surface area contributed by atoms with Gasteiger partial charge in [-0.2, -0.15) is 0 Å². The molecule has 0 aromatic heterocycles. The SMILES string of the molecule is COC1CC(C(=O)O)N(C(=O)c2ccc3c(c2)OCCO3)C1. The summed E-state index contributed by atoms with van der Waals surface area (Å²) in [6.07, 6.45) is 0.0320. The van der Waals surface area contributed by atoms with E-state index < -0.39 is 12.0 Å². The lowest BCUT2D eigenvalue weighted by Gasteiger charge is -2.23. The fraction of sp³-hybridized carbons (Fsp3) is 0.467. The Kier molecular flexibility index (Phi) is 3.89. The highest BCUT2D eigenvalue weighted by molar-refractivity contribution is 5.97. The molecule has 7 nitrogen and oxygen atoms in total. The molecule has 1 saturated heterocycles. The molecule has 2 unspecified atom stereocenters. The number of amides is 1.